The van der Waals surface area contributed by atoms with Gasteiger partial charge in [0.2, 0.25) is 0 Å². The second kappa shape index (κ2) is 10.1. The van der Waals surface area contributed by atoms with E-state index in [1.165, 1.54) is 22.4 Å². The molecule has 0 unspecified atom stereocenters. The summed E-state index contributed by atoms with van der Waals surface area (Å²) in [5.41, 5.74) is 2.37. The lowest BCUT2D eigenvalue weighted by Crippen LogP contribution is -2.06. The van der Waals surface area contributed by atoms with Crippen molar-refractivity contribution in [3.8, 4) is 5.75 Å². The molecule has 0 radical (unpaired) electrons. The lowest BCUT2D eigenvalue weighted by Gasteiger charge is -2.07. The minimum Gasteiger partial charge on any atom is -0.362 e. The highest BCUT2D eigenvalue weighted by atomic mass is 32.3. The van der Waals surface area contributed by atoms with E-state index in [1.54, 1.807) is 18.2 Å². The van der Waals surface area contributed by atoms with Crippen molar-refractivity contribution in [1.82, 2.24) is 0 Å². The molecule has 0 aliphatic rings. The molecule has 0 aliphatic carbocycles. The van der Waals surface area contributed by atoms with Crippen molar-refractivity contribution >= 4 is 31.9 Å². The van der Waals surface area contributed by atoms with Crippen molar-refractivity contribution < 1.29 is 17.2 Å². The van der Waals surface area contributed by atoms with Crippen LogP contribution < -0.4 is 4.18 Å². The average Bonchev–Trinajstić information content (AvgIpc) is 2.74. The molecular weight excluding hydrogens is 408 g/mol. The van der Waals surface area contributed by atoms with Gasteiger partial charge in [0.1, 0.15) is 5.75 Å². The van der Waals surface area contributed by atoms with Crippen LogP contribution in [0.15, 0.2) is 104 Å². The van der Waals surface area contributed by atoms with Gasteiger partial charge in [-0.3, -0.25) is 4.55 Å². The van der Waals surface area contributed by atoms with E-state index in [0.29, 0.717) is 6.42 Å². The third-order valence-electron chi connectivity index (χ3n) is 4.75. The molecule has 4 nitrogen and oxygen atoms in total. The Morgan fingerprint density at radius 1 is 0.742 bits per heavy atom. The smallest absolute Gasteiger partial charge is 0.362 e. The van der Waals surface area contributed by atoms with E-state index in [9.17, 15) is 8.42 Å². The maximum absolute atomic E-state index is 10.7. The molecule has 0 saturated carbocycles. The summed E-state index contributed by atoms with van der Waals surface area (Å²) >= 11 is 0. The standard InChI is InChI=1S/C13H12O4S.C13H12/c1-2-4-10-5-3-6-11-7-8-12(9-13(10)11)17-18(14,15)16;1-2-6-11-8-5-9-12-7-3-4-10-13(11)12/h2-3,5-9H,1,4H2,(H,14,15,16);2-5,7-10H,1,6H2. The second-order valence-corrected chi connectivity index (χ2v) is 7.96. The van der Waals surface area contributed by atoms with Gasteiger partial charge in [-0.2, -0.15) is 8.42 Å². The first-order valence-corrected chi connectivity index (χ1v) is 11.1. The Labute approximate surface area is 183 Å². The molecule has 4 aromatic carbocycles. The van der Waals surface area contributed by atoms with Gasteiger partial charge in [-0.15, -0.1) is 13.2 Å². The van der Waals surface area contributed by atoms with Gasteiger partial charge in [0.15, 0.2) is 0 Å². The molecule has 0 aromatic heterocycles. The molecular formula is C26H24O4S. The summed E-state index contributed by atoms with van der Waals surface area (Å²) in [5, 5.41) is 4.49. The van der Waals surface area contributed by atoms with Crippen LogP contribution in [0.5, 0.6) is 5.75 Å². The molecule has 0 bridgehead atoms. The highest BCUT2D eigenvalue weighted by Gasteiger charge is 2.08. The summed E-state index contributed by atoms with van der Waals surface area (Å²) in [6, 6.07) is 25.4. The minimum absolute atomic E-state index is 0.0847. The highest BCUT2D eigenvalue weighted by molar-refractivity contribution is 7.81. The van der Waals surface area contributed by atoms with Crippen molar-refractivity contribution in [2.24, 2.45) is 0 Å². The topological polar surface area (TPSA) is 63.6 Å². The van der Waals surface area contributed by atoms with Crippen LogP contribution in [0, 0.1) is 0 Å². The third kappa shape index (κ3) is 6.04. The van der Waals surface area contributed by atoms with E-state index in [-0.39, 0.29) is 5.75 Å². The minimum atomic E-state index is -4.49. The Kier molecular flexibility index (Phi) is 7.23. The number of benzene rings is 4. The molecule has 0 atom stereocenters. The van der Waals surface area contributed by atoms with Gasteiger partial charge in [-0.1, -0.05) is 78.9 Å². The summed E-state index contributed by atoms with van der Waals surface area (Å²) in [5.74, 6) is 0.0847. The summed E-state index contributed by atoms with van der Waals surface area (Å²) in [7, 11) is -4.49. The molecule has 31 heavy (non-hydrogen) atoms. The lowest BCUT2D eigenvalue weighted by molar-refractivity contribution is 0.387. The van der Waals surface area contributed by atoms with Crippen LogP contribution in [-0.2, 0) is 23.2 Å². The van der Waals surface area contributed by atoms with Crippen LogP contribution in [0.3, 0.4) is 0 Å². The number of fused-ring (bicyclic) bond motifs is 2. The van der Waals surface area contributed by atoms with Crippen LogP contribution >= 0.6 is 0 Å². The molecule has 0 heterocycles. The molecule has 0 saturated heterocycles. The zero-order valence-electron chi connectivity index (χ0n) is 17.1. The maximum Gasteiger partial charge on any atom is 0.446 e. The van der Waals surface area contributed by atoms with E-state index in [4.69, 9.17) is 4.55 Å². The Morgan fingerprint density at radius 3 is 1.90 bits per heavy atom. The molecule has 158 valence electrons. The Morgan fingerprint density at radius 2 is 1.29 bits per heavy atom. The van der Waals surface area contributed by atoms with Crippen LogP contribution in [-0.4, -0.2) is 13.0 Å². The zero-order chi connectivity index (χ0) is 22.3. The first-order chi connectivity index (χ1) is 14.9. The van der Waals surface area contributed by atoms with Crippen LogP contribution in [0.1, 0.15) is 11.1 Å². The molecule has 5 heteroatoms. The quantitative estimate of drug-likeness (QED) is 0.286. The highest BCUT2D eigenvalue weighted by Crippen LogP contribution is 2.25. The Hall–Kier alpha value is -3.41. The number of hydrogen-bond acceptors (Lipinski definition) is 3. The van der Waals surface area contributed by atoms with Crippen molar-refractivity contribution in [2.75, 3.05) is 0 Å². The van der Waals surface area contributed by atoms with E-state index >= 15 is 0 Å². The van der Waals surface area contributed by atoms with Crippen LogP contribution in [0.25, 0.3) is 21.5 Å². The summed E-state index contributed by atoms with van der Waals surface area (Å²) in [4.78, 5) is 0. The van der Waals surface area contributed by atoms with Crippen molar-refractivity contribution in [2.45, 2.75) is 12.8 Å². The Balaban J connectivity index is 0.000000185. The monoisotopic (exact) mass is 432 g/mol. The van der Waals surface area contributed by atoms with Gasteiger partial charge < -0.3 is 4.18 Å². The zero-order valence-corrected chi connectivity index (χ0v) is 17.9. The van der Waals surface area contributed by atoms with Crippen molar-refractivity contribution in [3.05, 3.63) is 115 Å². The van der Waals surface area contributed by atoms with E-state index < -0.39 is 10.4 Å². The van der Waals surface area contributed by atoms with Gasteiger partial charge >= 0.3 is 10.4 Å². The van der Waals surface area contributed by atoms with Gasteiger partial charge in [0.05, 0.1) is 0 Å². The fraction of sp³-hybridized carbons (Fsp3) is 0.0769. The third-order valence-corrected chi connectivity index (χ3v) is 5.16. The van der Waals surface area contributed by atoms with Crippen molar-refractivity contribution in [1.29, 1.82) is 0 Å². The maximum atomic E-state index is 10.7. The Bertz CT molecular complexity index is 1320. The van der Waals surface area contributed by atoms with Gasteiger partial charge in [0.25, 0.3) is 0 Å². The first kappa shape index (κ1) is 22.3. The summed E-state index contributed by atoms with van der Waals surface area (Å²) < 4.78 is 34.4. The van der Waals surface area contributed by atoms with E-state index in [0.717, 1.165) is 22.8 Å². The summed E-state index contributed by atoms with van der Waals surface area (Å²) in [6.45, 7) is 7.44. The van der Waals surface area contributed by atoms with E-state index in [1.807, 2.05) is 24.3 Å². The fourth-order valence-electron chi connectivity index (χ4n) is 3.45. The molecule has 4 rings (SSSR count). The van der Waals surface area contributed by atoms with Crippen LogP contribution in [0.4, 0.5) is 0 Å². The number of allylic oxidation sites excluding steroid dienone is 2. The normalized spacial score (nSPS) is 10.9. The van der Waals surface area contributed by atoms with Gasteiger partial charge in [0, 0.05) is 0 Å². The predicted octanol–water partition coefficient (Wildman–Crippen LogP) is 6.32. The predicted molar refractivity (Wildman–Crippen MR) is 128 cm³/mol. The number of rotatable bonds is 6. The average molecular weight is 433 g/mol. The molecule has 0 fully saturated rings. The summed E-state index contributed by atoms with van der Waals surface area (Å²) in [6.07, 6.45) is 5.33. The molecule has 0 spiro atoms. The van der Waals surface area contributed by atoms with Crippen molar-refractivity contribution in [3.63, 3.8) is 0 Å². The van der Waals surface area contributed by atoms with E-state index in [2.05, 4.69) is 59.8 Å². The van der Waals surface area contributed by atoms with Crippen LogP contribution in [0.2, 0.25) is 0 Å². The molecule has 0 amide bonds. The fourth-order valence-corrected chi connectivity index (χ4v) is 3.80. The first-order valence-electron chi connectivity index (χ1n) is 9.78. The molecule has 1 N–H and O–H groups in total. The SMILES string of the molecule is C=CCc1cccc2ccc(OS(=O)(=O)O)cc12.C=CCc1cccc2ccccc12. The van der Waals surface area contributed by atoms with Gasteiger partial charge in [-0.05, 0) is 57.6 Å². The number of hydrogen-bond donors (Lipinski definition) is 1. The molecule has 0 aliphatic heterocycles. The second-order valence-electron chi connectivity index (χ2n) is 6.94. The van der Waals surface area contributed by atoms with Gasteiger partial charge in [-0.25, -0.2) is 0 Å². The molecule has 4 aromatic rings. The lowest BCUT2D eigenvalue weighted by atomic mass is 10.0. The largest absolute Gasteiger partial charge is 0.446 e.